The highest BCUT2D eigenvalue weighted by Crippen LogP contribution is 2.37. The summed E-state index contributed by atoms with van der Waals surface area (Å²) in [6, 6.07) is 0. The lowest BCUT2D eigenvalue weighted by Crippen LogP contribution is -2.33. The van der Waals surface area contributed by atoms with Crippen LogP contribution in [0.2, 0.25) is 0 Å². The summed E-state index contributed by atoms with van der Waals surface area (Å²) >= 11 is 0. The van der Waals surface area contributed by atoms with Crippen molar-refractivity contribution >= 4 is 5.91 Å². The first-order chi connectivity index (χ1) is 9.33. The van der Waals surface area contributed by atoms with Gasteiger partial charge in [-0.05, 0) is 31.6 Å². The monoisotopic (exact) mass is 261 g/mol. The highest BCUT2D eigenvalue weighted by atomic mass is 16.5. The van der Waals surface area contributed by atoms with Crippen molar-refractivity contribution in [1.82, 2.24) is 15.3 Å². The minimum atomic E-state index is -0.0899. The van der Waals surface area contributed by atoms with Crippen molar-refractivity contribution in [3.63, 3.8) is 0 Å². The van der Waals surface area contributed by atoms with Crippen LogP contribution in [0.5, 0.6) is 0 Å². The number of hydrogen-bond acceptors (Lipinski definition) is 4. The molecular weight excluding hydrogens is 242 g/mol. The van der Waals surface area contributed by atoms with Gasteiger partial charge in [-0.2, -0.15) is 0 Å². The summed E-state index contributed by atoms with van der Waals surface area (Å²) < 4.78 is 5.39. The van der Waals surface area contributed by atoms with Crippen LogP contribution in [0.25, 0.3) is 0 Å². The van der Waals surface area contributed by atoms with E-state index >= 15 is 0 Å². The topological polar surface area (TPSA) is 64.1 Å². The zero-order valence-corrected chi connectivity index (χ0v) is 11.0. The molecule has 5 nitrogen and oxygen atoms in total. The van der Waals surface area contributed by atoms with Crippen LogP contribution < -0.4 is 5.32 Å². The van der Waals surface area contributed by atoms with E-state index in [1.807, 2.05) is 0 Å². The highest BCUT2D eigenvalue weighted by molar-refractivity contribution is 5.93. The Morgan fingerprint density at radius 2 is 2.11 bits per heavy atom. The van der Waals surface area contributed by atoms with Gasteiger partial charge < -0.3 is 10.1 Å². The smallest absolute Gasteiger partial charge is 0.254 e. The van der Waals surface area contributed by atoms with Crippen molar-refractivity contribution in [2.45, 2.75) is 31.6 Å². The molecule has 0 spiro atoms. The number of ether oxygens (including phenoxy) is 1. The summed E-state index contributed by atoms with van der Waals surface area (Å²) in [4.78, 5) is 20.5. The number of rotatable bonds is 4. The summed E-state index contributed by atoms with van der Waals surface area (Å²) in [5, 5.41) is 2.93. The number of nitrogens with one attached hydrogen (secondary N) is 1. The first-order valence-corrected chi connectivity index (χ1v) is 7.01. The molecule has 2 heterocycles. The zero-order valence-electron chi connectivity index (χ0n) is 11.0. The molecule has 0 aromatic carbocycles. The van der Waals surface area contributed by atoms with Gasteiger partial charge in [0, 0.05) is 31.5 Å². The molecule has 3 rings (SSSR count). The number of hydrogen-bond donors (Lipinski definition) is 1. The largest absolute Gasteiger partial charge is 0.381 e. The van der Waals surface area contributed by atoms with Crippen LogP contribution in [-0.2, 0) is 4.74 Å². The van der Waals surface area contributed by atoms with E-state index in [9.17, 15) is 4.79 Å². The second kappa shape index (κ2) is 5.65. The molecule has 102 valence electrons. The molecule has 1 atom stereocenters. The summed E-state index contributed by atoms with van der Waals surface area (Å²) in [5.74, 6) is 1.74. The fourth-order valence-electron chi connectivity index (χ4n) is 2.32. The second-order valence-corrected chi connectivity index (χ2v) is 5.40. The maximum absolute atomic E-state index is 12.0. The lowest BCUT2D eigenvalue weighted by Gasteiger charge is -2.22. The standard InChI is InChI=1S/C14H19N3O2/c18-14(17-6-10-2-1-5-19-9-10)12-7-15-13(16-8-12)11-3-4-11/h7-8,10-11H,1-6,9H2,(H,17,18). The van der Waals surface area contributed by atoms with Crippen molar-refractivity contribution in [1.29, 1.82) is 0 Å². The summed E-state index contributed by atoms with van der Waals surface area (Å²) in [7, 11) is 0. The first kappa shape index (κ1) is 12.5. The third kappa shape index (κ3) is 3.29. The van der Waals surface area contributed by atoms with E-state index in [1.54, 1.807) is 12.4 Å². The normalized spacial score (nSPS) is 23.1. The lowest BCUT2D eigenvalue weighted by molar-refractivity contribution is 0.0536. The molecule has 1 unspecified atom stereocenters. The van der Waals surface area contributed by atoms with E-state index in [0.29, 0.717) is 23.9 Å². The molecule has 1 aromatic heterocycles. The molecule has 2 fully saturated rings. The Balaban J connectivity index is 1.51. The van der Waals surface area contributed by atoms with Gasteiger partial charge in [-0.25, -0.2) is 9.97 Å². The van der Waals surface area contributed by atoms with Gasteiger partial charge in [0.15, 0.2) is 0 Å². The van der Waals surface area contributed by atoms with Crippen LogP contribution >= 0.6 is 0 Å². The molecule has 0 bridgehead atoms. The molecule has 1 aromatic rings. The molecule has 1 amide bonds. The van der Waals surface area contributed by atoms with Crippen LogP contribution in [-0.4, -0.2) is 35.6 Å². The Bertz CT molecular complexity index is 437. The molecule has 0 radical (unpaired) electrons. The Labute approximate surface area is 112 Å². The van der Waals surface area contributed by atoms with Crippen molar-refractivity contribution in [3.8, 4) is 0 Å². The minimum Gasteiger partial charge on any atom is -0.381 e. The van der Waals surface area contributed by atoms with Gasteiger partial charge in [0.25, 0.3) is 5.91 Å². The molecular formula is C14H19N3O2. The van der Waals surface area contributed by atoms with Crippen LogP contribution in [0.1, 0.15) is 47.8 Å². The third-order valence-electron chi connectivity index (χ3n) is 3.68. The first-order valence-electron chi connectivity index (χ1n) is 7.01. The molecule has 2 aliphatic rings. The second-order valence-electron chi connectivity index (χ2n) is 5.40. The molecule has 1 saturated carbocycles. The molecule has 5 heteroatoms. The average molecular weight is 261 g/mol. The average Bonchev–Trinajstić information content (AvgIpc) is 3.31. The summed E-state index contributed by atoms with van der Waals surface area (Å²) in [6.07, 6.45) is 7.82. The van der Waals surface area contributed by atoms with Gasteiger partial charge in [0.05, 0.1) is 12.2 Å². The fourth-order valence-corrected chi connectivity index (χ4v) is 2.32. The SMILES string of the molecule is O=C(NCC1CCCOC1)c1cnc(C2CC2)nc1. The van der Waals surface area contributed by atoms with E-state index in [1.165, 1.54) is 12.8 Å². The van der Waals surface area contributed by atoms with Gasteiger partial charge in [0.1, 0.15) is 5.82 Å². The fraction of sp³-hybridized carbons (Fsp3) is 0.643. The van der Waals surface area contributed by atoms with E-state index in [0.717, 1.165) is 31.9 Å². The van der Waals surface area contributed by atoms with Gasteiger partial charge in [-0.1, -0.05) is 0 Å². The highest BCUT2D eigenvalue weighted by Gasteiger charge is 2.26. The summed E-state index contributed by atoms with van der Waals surface area (Å²) in [5.41, 5.74) is 0.543. The molecule has 19 heavy (non-hydrogen) atoms. The Kier molecular flexibility index (Phi) is 3.73. The zero-order chi connectivity index (χ0) is 13.1. The Morgan fingerprint density at radius 3 is 2.74 bits per heavy atom. The van der Waals surface area contributed by atoms with Crippen LogP contribution in [0.3, 0.4) is 0 Å². The molecule has 1 saturated heterocycles. The molecule has 1 aliphatic carbocycles. The maximum atomic E-state index is 12.0. The van der Waals surface area contributed by atoms with Gasteiger partial charge in [-0.3, -0.25) is 4.79 Å². The molecule has 1 aliphatic heterocycles. The number of carbonyl (C=O) groups is 1. The van der Waals surface area contributed by atoms with Crippen molar-refractivity contribution in [3.05, 3.63) is 23.8 Å². The lowest BCUT2D eigenvalue weighted by atomic mass is 10.0. The maximum Gasteiger partial charge on any atom is 0.254 e. The van der Waals surface area contributed by atoms with Crippen LogP contribution in [0, 0.1) is 5.92 Å². The summed E-state index contributed by atoms with van der Waals surface area (Å²) in [6.45, 7) is 2.27. The minimum absolute atomic E-state index is 0.0899. The van der Waals surface area contributed by atoms with E-state index in [4.69, 9.17) is 4.74 Å². The van der Waals surface area contributed by atoms with Crippen LogP contribution in [0.4, 0.5) is 0 Å². The van der Waals surface area contributed by atoms with Crippen molar-refractivity contribution < 1.29 is 9.53 Å². The van der Waals surface area contributed by atoms with E-state index < -0.39 is 0 Å². The van der Waals surface area contributed by atoms with E-state index in [2.05, 4.69) is 15.3 Å². The van der Waals surface area contributed by atoms with Gasteiger partial charge in [0.2, 0.25) is 0 Å². The third-order valence-corrected chi connectivity index (χ3v) is 3.68. The predicted molar refractivity (Wildman–Crippen MR) is 69.9 cm³/mol. The number of amides is 1. The number of carbonyl (C=O) groups excluding carboxylic acids is 1. The number of nitrogens with zero attached hydrogens (tertiary/aromatic N) is 2. The van der Waals surface area contributed by atoms with Crippen LogP contribution in [0.15, 0.2) is 12.4 Å². The van der Waals surface area contributed by atoms with Gasteiger partial charge in [-0.15, -0.1) is 0 Å². The van der Waals surface area contributed by atoms with Crippen molar-refractivity contribution in [2.75, 3.05) is 19.8 Å². The van der Waals surface area contributed by atoms with Crippen molar-refractivity contribution in [2.24, 2.45) is 5.92 Å². The molecule has 1 N–H and O–H groups in total. The van der Waals surface area contributed by atoms with E-state index in [-0.39, 0.29) is 5.91 Å². The Hall–Kier alpha value is -1.49. The Morgan fingerprint density at radius 1 is 1.32 bits per heavy atom. The quantitative estimate of drug-likeness (QED) is 0.892. The van der Waals surface area contributed by atoms with Gasteiger partial charge >= 0.3 is 0 Å². The predicted octanol–water partition coefficient (Wildman–Crippen LogP) is 1.51. The number of aromatic nitrogens is 2.